The summed E-state index contributed by atoms with van der Waals surface area (Å²) in [6, 6.07) is 0. The number of hydrogen-bond acceptors (Lipinski definition) is 3. The summed E-state index contributed by atoms with van der Waals surface area (Å²) >= 11 is 0. The molecule has 6 unspecified atom stereocenters. The molecule has 0 aromatic heterocycles. The molecule has 2 rings (SSSR count). The molecule has 116 valence electrons. The summed E-state index contributed by atoms with van der Waals surface area (Å²) in [5.41, 5.74) is 5.85. The monoisotopic (exact) mass is 282 g/mol. The molecule has 1 aliphatic heterocycles. The third-order valence-electron chi connectivity index (χ3n) is 5.45. The molecule has 1 saturated carbocycles. The van der Waals surface area contributed by atoms with E-state index in [1.165, 1.54) is 25.7 Å². The first kappa shape index (κ1) is 15.8. The quantitative estimate of drug-likeness (QED) is 0.828. The van der Waals surface area contributed by atoms with E-state index in [0.29, 0.717) is 17.8 Å². The lowest BCUT2D eigenvalue weighted by atomic mass is 9.79. The number of ether oxygens (including phenoxy) is 1. The van der Waals surface area contributed by atoms with Crippen molar-refractivity contribution in [2.75, 3.05) is 13.1 Å². The van der Waals surface area contributed by atoms with Crippen LogP contribution in [0.4, 0.5) is 0 Å². The van der Waals surface area contributed by atoms with Crippen molar-refractivity contribution < 1.29 is 9.53 Å². The molecule has 3 N–H and O–H groups in total. The SMILES string of the molecule is CC1OC(C)C(C(=O)NCC2CCCCC2CN)C1C. The molecule has 20 heavy (non-hydrogen) atoms. The van der Waals surface area contributed by atoms with Gasteiger partial charge in [-0.1, -0.05) is 19.8 Å². The highest BCUT2D eigenvalue weighted by molar-refractivity contribution is 5.79. The van der Waals surface area contributed by atoms with Gasteiger partial charge in [0, 0.05) is 6.54 Å². The molecule has 0 spiro atoms. The van der Waals surface area contributed by atoms with Gasteiger partial charge >= 0.3 is 0 Å². The lowest BCUT2D eigenvalue weighted by molar-refractivity contribution is -0.127. The minimum atomic E-state index is -0.00934. The maximum atomic E-state index is 12.4. The summed E-state index contributed by atoms with van der Waals surface area (Å²) in [5.74, 6) is 1.59. The van der Waals surface area contributed by atoms with E-state index >= 15 is 0 Å². The van der Waals surface area contributed by atoms with Crippen molar-refractivity contribution in [3.63, 3.8) is 0 Å². The average Bonchev–Trinajstić information content (AvgIpc) is 2.70. The molecule has 1 aliphatic carbocycles. The Morgan fingerprint density at radius 2 is 1.80 bits per heavy atom. The molecule has 0 aromatic rings. The van der Waals surface area contributed by atoms with Crippen LogP contribution >= 0.6 is 0 Å². The minimum Gasteiger partial charge on any atom is -0.374 e. The van der Waals surface area contributed by atoms with E-state index in [-0.39, 0.29) is 24.0 Å². The van der Waals surface area contributed by atoms with E-state index in [9.17, 15) is 4.79 Å². The van der Waals surface area contributed by atoms with E-state index in [2.05, 4.69) is 19.2 Å². The largest absolute Gasteiger partial charge is 0.374 e. The molecular formula is C16H30N2O2. The number of rotatable bonds is 4. The summed E-state index contributed by atoms with van der Waals surface area (Å²) < 4.78 is 5.76. The van der Waals surface area contributed by atoms with Gasteiger partial charge in [-0.2, -0.15) is 0 Å². The topological polar surface area (TPSA) is 64.3 Å². The first-order valence-electron chi connectivity index (χ1n) is 8.17. The van der Waals surface area contributed by atoms with E-state index in [1.54, 1.807) is 0 Å². The van der Waals surface area contributed by atoms with Crippen LogP contribution in [0.25, 0.3) is 0 Å². The first-order valence-corrected chi connectivity index (χ1v) is 8.17. The van der Waals surface area contributed by atoms with Crippen molar-refractivity contribution in [3.8, 4) is 0 Å². The number of carbonyl (C=O) groups excluding carboxylic acids is 1. The van der Waals surface area contributed by atoms with Crippen molar-refractivity contribution in [3.05, 3.63) is 0 Å². The smallest absolute Gasteiger partial charge is 0.226 e. The molecule has 1 heterocycles. The van der Waals surface area contributed by atoms with E-state index in [4.69, 9.17) is 10.5 Å². The van der Waals surface area contributed by atoms with Crippen LogP contribution in [0.3, 0.4) is 0 Å². The highest BCUT2D eigenvalue weighted by Crippen LogP contribution is 2.33. The van der Waals surface area contributed by atoms with Crippen molar-refractivity contribution in [1.82, 2.24) is 5.32 Å². The van der Waals surface area contributed by atoms with Gasteiger partial charge in [-0.3, -0.25) is 4.79 Å². The standard InChI is InChI=1S/C16H30N2O2/c1-10-11(2)20-12(3)15(10)16(19)18-9-14-7-5-4-6-13(14)8-17/h10-15H,4-9,17H2,1-3H3,(H,18,19). The molecule has 0 bridgehead atoms. The third kappa shape index (κ3) is 3.34. The van der Waals surface area contributed by atoms with Crippen LogP contribution in [0, 0.1) is 23.7 Å². The van der Waals surface area contributed by atoms with Gasteiger partial charge in [0.2, 0.25) is 5.91 Å². The maximum absolute atomic E-state index is 12.4. The summed E-state index contributed by atoms with van der Waals surface area (Å²) in [6.45, 7) is 7.71. The Labute approximate surface area is 122 Å². The number of carbonyl (C=O) groups is 1. The van der Waals surface area contributed by atoms with Crippen LogP contribution in [-0.4, -0.2) is 31.2 Å². The van der Waals surface area contributed by atoms with Gasteiger partial charge in [0.05, 0.1) is 18.1 Å². The molecule has 0 radical (unpaired) electrons. The molecule has 4 nitrogen and oxygen atoms in total. The number of hydrogen-bond donors (Lipinski definition) is 2. The Balaban J connectivity index is 1.85. The zero-order valence-electron chi connectivity index (χ0n) is 13.1. The van der Waals surface area contributed by atoms with E-state index in [0.717, 1.165) is 13.1 Å². The lowest BCUT2D eigenvalue weighted by Gasteiger charge is -2.31. The van der Waals surface area contributed by atoms with Crippen molar-refractivity contribution in [2.45, 2.75) is 58.7 Å². The molecule has 4 heteroatoms. The molecule has 2 aliphatic rings. The Hall–Kier alpha value is -0.610. The summed E-state index contributed by atoms with van der Waals surface area (Å²) in [7, 11) is 0. The van der Waals surface area contributed by atoms with Gasteiger partial charge in [-0.05, 0) is 51.0 Å². The fourth-order valence-electron chi connectivity index (χ4n) is 3.93. The van der Waals surface area contributed by atoms with Gasteiger partial charge in [0.15, 0.2) is 0 Å². The van der Waals surface area contributed by atoms with Crippen molar-refractivity contribution in [2.24, 2.45) is 29.4 Å². The summed E-state index contributed by atoms with van der Waals surface area (Å²) in [5, 5.41) is 3.17. The predicted molar refractivity (Wildman–Crippen MR) is 80.2 cm³/mol. The molecule has 0 aromatic carbocycles. The normalized spacial score (nSPS) is 41.6. The summed E-state index contributed by atoms with van der Waals surface area (Å²) in [4.78, 5) is 12.4. The zero-order chi connectivity index (χ0) is 14.7. The van der Waals surface area contributed by atoms with Crippen molar-refractivity contribution >= 4 is 5.91 Å². The minimum absolute atomic E-state index is 0.00934. The zero-order valence-corrected chi connectivity index (χ0v) is 13.1. The first-order chi connectivity index (χ1) is 9.54. The van der Waals surface area contributed by atoms with Gasteiger partial charge in [0.25, 0.3) is 0 Å². The Morgan fingerprint density at radius 3 is 2.35 bits per heavy atom. The van der Waals surface area contributed by atoms with Crippen LogP contribution in [-0.2, 0) is 9.53 Å². The van der Waals surface area contributed by atoms with E-state index in [1.807, 2.05) is 6.92 Å². The third-order valence-corrected chi connectivity index (χ3v) is 5.45. The summed E-state index contributed by atoms with van der Waals surface area (Å²) in [6.07, 6.45) is 5.17. The molecule has 6 atom stereocenters. The second-order valence-corrected chi connectivity index (χ2v) is 6.72. The molecular weight excluding hydrogens is 252 g/mol. The van der Waals surface area contributed by atoms with Gasteiger partial charge < -0.3 is 15.8 Å². The van der Waals surface area contributed by atoms with Gasteiger partial charge in [0.1, 0.15) is 0 Å². The van der Waals surface area contributed by atoms with Crippen LogP contribution in [0.2, 0.25) is 0 Å². The number of amides is 1. The Morgan fingerprint density at radius 1 is 1.15 bits per heavy atom. The average molecular weight is 282 g/mol. The van der Waals surface area contributed by atoms with Crippen molar-refractivity contribution in [1.29, 1.82) is 0 Å². The highest BCUT2D eigenvalue weighted by atomic mass is 16.5. The highest BCUT2D eigenvalue weighted by Gasteiger charge is 2.41. The molecule has 1 amide bonds. The van der Waals surface area contributed by atoms with E-state index < -0.39 is 0 Å². The number of nitrogens with two attached hydrogens (primary N) is 1. The Bertz CT molecular complexity index is 334. The fraction of sp³-hybridized carbons (Fsp3) is 0.938. The van der Waals surface area contributed by atoms with Crippen LogP contribution in [0.1, 0.15) is 46.5 Å². The van der Waals surface area contributed by atoms with Crippen LogP contribution in [0.5, 0.6) is 0 Å². The predicted octanol–water partition coefficient (Wildman–Crippen LogP) is 1.93. The number of nitrogens with one attached hydrogen (secondary N) is 1. The van der Waals surface area contributed by atoms with Gasteiger partial charge in [-0.15, -0.1) is 0 Å². The van der Waals surface area contributed by atoms with Crippen LogP contribution in [0.15, 0.2) is 0 Å². The second-order valence-electron chi connectivity index (χ2n) is 6.72. The Kier molecular flexibility index (Phi) is 5.44. The maximum Gasteiger partial charge on any atom is 0.226 e. The van der Waals surface area contributed by atoms with Crippen LogP contribution < -0.4 is 11.1 Å². The molecule has 2 fully saturated rings. The lowest BCUT2D eigenvalue weighted by Crippen LogP contribution is -2.42. The second kappa shape index (κ2) is 6.90. The fourth-order valence-corrected chi connectivity index (χ4v) is 3.93. The van der Waals surface area contributed by atoms with Gasteiger partial charge in [-0.25, -0.2) is 0 Å². The molecule has 1 saturated heterocycles.